The first-order valence-electron chi connectivity index (χ1n) is 3.32. The molecule has 0 aliphatic heterocycles. The van der Waals surface area contributed by atoms with E-state index in [4.69, 9.17) is 0 Å². The summed E-state index contributed by atoms with van der Waals surface area (Å²) in [5.41, 5.74) is 0.976. The number of carbonyl (C=O) groups is 1. The second kappa shape index (κ2) is 3.15. The van der Waals surface area contributed by atoms with Gasteiger partial charge in [-0.2, -0.15) is 0 Å². The Bertz CT molecular complexity index is 272. The minimum absolute atomic E-state index is 0.0920. The standard InChI is InChI=1S/C10H9O/c1-8(2)10(11)9-6-4-3-5-7-9/h3-7H,1-2H2. The molecule has 0 amide bonds. The van der Waals surface area contributed by atoms with Crippen LogP contribution in [0.1, 0.15) is 10.4 Å². The summed E-state index contributed by atoms with van der Waals surface area (Å²) in [5, 5.41) is 0. The van der Waals surface area contributed by atoms with E-state index in [2.05, 4.69) is 13.5 Å². The fourth-order valence-electron chi connectivity index (χ4n) is 0.794. The molecule has 0 aromatic heterocycles. The van der Waals surface area contributed by atoms with E-state index >= 15 is 0 Å². The van der Waals surface area contributed by atoms with Crippen LogP contribution in [-0.4, -0.2) is 5.78 Å². The highest BCUT2D eigenvalue weighted by Crippen LogP contribution is 2.04. The molecule has 1 heteroatoms. The molecule has 0 saturated heterocycles. The van der Waals surface area contributed by atoms with Gasteiger partial charge in [-0.15, -0.1) is 0 Å². The number of benzene rings is 1. The van der Waals surface area contributed by atoms with Crippen molar-refractivity contribution in [2.45, 2.75) is 0 Å². The molecule has 1 aromatic carbocycles. The molecule has 11 heavy (non-hydrogen) atoms. The third-order valence-corrected chi connectivity index (χ3v) is 1.36. The van der Waals surface area contributed by atoms with Gasteiger partial charge >= 0.3 is 0 Å². The van der Waals surface area contributed by atoms with Crippen LogP contribution in [-0.2, 0) is 0 Å². The Hall–Kier alpha value is -1.37. The van der Waals surface area contributed by atoms with Crippen molar-refractivity contribution in [1.29, 1.82) is 0 Å². The van der Waals surface area contributed by atoms with Crippen LogP contribution < -0.4 is 0 Å². The maximum atomic E-state index is 11.2. The minimum Gasteiger partial charge on any atom is -0.289 e. The Labute approximate surface area is 66.4 Å². The highest BCUT2D eigenvalue weighted by atomic mass is 16.1. The number of rotatable bonds is 2. The van der Waals surface area contributed by atoms with Crippen molar-refractivity contribution < 1.29 is 4.79 Å². The molecule has 1 rings (SSSR count). The second-order valence-corrected chi connectivity index (χ2v) is 2.30. The van der Waals surface area contributed by atoms with Crippen LogP contribution in [0.15, 0.2) is 42.5 Å². The molecular formula is C10H9O. The van der Waals surface area contributed by atoms with E-state index in [1.807, 2.05) is 18.2 Å². The van der Waals surface area contributed by atoms with E-state index < -0.39 is 0 Å². The summed E-state index contributed by atoms with van der Waals surface area (Å²) in [5.74, 6) is -0.0920. The van der Waals surface area contributed by atoms with Crippen LogP contribution in [0.4, 0.5) is 0 Å². The molecule has 55 valence electrons. The maximum absolute atomic E-state index is 11.2. The number of allylic oxidation sites excluding steroid dienone is 1. The van der Waals surface area contributed by atoms with Crippen LogP contribution in [0.2, 0.25) is 0 Å². The van der Waals surface area contributed by atoms with Gasteiger partial charge in [-0.3, -0.25) is 4.79 Å². The maximum Gasteiger partial charge on any atom is 0.188 e. The number of hydrogen-bond acceptors (Lipinski definition) is 1. The molecule has 0 spiro atoms. The molecule has 1 nitrogen and oxygen atoms in total. The predicted octanol–water partition coefficient (Wildman–Crippen LogP) is 2.26. The summed E-state index contributed by atoms with van der Waals surface area (Å²) in [6, 6.07) is 8.99. The molecule has 0 saturated carbocycles. The van der Waals surface area contributed by atoms with Crippen molar-refractivity contribution in [2.24, 2.45) is 0 Å². The monoisotopic (exact) mass is 145 g/mol. The first kappa shape index (κ1) is 7.73. The Morgan fingerprint density at radius 1 is 1.18 bits per heavy atom. The van der Waals surface area contributed by atoms with Crippen LogP contribution in [0, 0.1) is 6.92 Å². The average Bonchev–Trinajstić information content (AvgIpc) is 2.05. The van der Waals surface area contributed by atoms with Crippen molar-refractivity contribution in [1.82, 2.24) is 0 Å². The average molecular weight is 145 g/mol. The smallest absolute Gasteiger partial charge is 0.188 e. The van der Waals surface area contributed by atoms with E-state index in [-0.39, 0.29) is 5.78 Å². The molecule has 0 atom stereocenters. The Kier molecular flexibility index (Phi) is 2.21. The molecule has 0 fully saturated rings. The molecule has 0 unspecified atom stereocenters. The topological polar surface area (TPSA) is 17.1 Å². The van der Waals surface area contributed by atoms with Gasteiger partial charge < -0.3 is 0 Å². The van der Waals surface area contributed by atoms with Gasteiger partial charge in [-0.1, -0.05) is 36.9 Å². The first-order chi connectivity index (χ1) is 5.22. The Morgan fingerprint density at radius 3 is 2.18 bits per heavy atom. The van der Waals surface area contributed by atoms with Crippen LogP contribution in [0.5, 0.6) is 0 Å². The van der Waals surface area contributed by atoms with E-state index in [1.54, 1.807) is 12.1 Å². The number of carbonyl (C=O) groups excluding carboxylic acids is 1. The van der Waals surface area contributed by atoms with E-state index in [1.165, 1.54) is 0 Å². The van der Waals surface area contributed by atoms with Crippen LogP contribution >= 0.6 is 0 Å². The van der Waals surface area contributed by atoms with Crippen molar-refractivity contribution in [3.05, 3.63) is 55.0 Å². The zero-order valence-corrected chi connectivity index (χ0v) is 6.21. The molecule has 0 bridgehead atoms. The Balaban J connectivity index is 2.95. The van der Waals surface area contributed by atoms with Crippen LogP contribution in [0.25, 0.3) is 0 Å². The number of ketones is 1. The van der Waals surface area contributed by atoms with Gasteiger partial charge in [-0.25, -0.2) is 0 Å². The van der Waals surface area contributed by atoms with Gasteiger partial charge in [0.05, 0.1) is 0 Å². The lowest BCUT2D eigenvalue weighted by atomic mass is 10.1. The zero-order valence-electron chi connectivity index (χ0n) is 6.21. The lowest BCUT2D eigenvalue weighted by Gasteiger charge is -1.96. The van der Waals surface area contributed by atoms with Crippen LogP contribution in [0.3, 0.4) is 0 Å². The van der Waals surface area contributed by atoms with Gasteiger partial charge in [0.2, 0.25) is 0 Å². The van der Waals surface area contributed by atoms with Gasteiger partial charge in [-0.05, 0) is 12.5 Å². The lowest BCUT2D eigenvalue weighted by Crippen LogP contribution is -1.98. The highest BCUT2D eigenvalue weighted by molar-refractivity contribution is 6.08. The van der Waals surface area contributed by atoms with Crippen molar-refractivity contribution >= 4 is 5.78 Å². The minimum atomic E-state index is -0.0920. The SMILES string of the molecule is [CH2]C(=C)C(=O)c1ccccc1. The summed E-state index contributed by atoms with van der Waals surface area (Å²) in [7, 11) is 0. The largest absolute Gasteiger partial charge is 0.289 e. The number of hydrogen-bond donors (Lipinski definition) is 0. The molecule has 0 aliphatic carbocycles. The Morgan fingerprint density at radius 2 is 1.73 bits per heavy atom. The van der Waals surface area contributed by atoms with Gasteiger partial charge in [0, 0.05) is 5.56 Å². The first-order valence-corrected chi connectivity index (χ1v) is 3.32. The third kappa shape index (κ3) is 1.77. The normalized spacial score (nSPS) is 9.18. The van der Waals surface area contributed by atoms with E-state index in [0.717, 1.165) is 0 Å². The molecule has 0 aliphatic rings. The fraction of sp³-hybridized carbons (Fsp3) is 0. The molecular weight excluding hydrogens is 136 g/mol. The fourth-order valence-corrected chi connectivity index (χ4v) is 0.794. The summed E-state index contributed by atoms with van der Waals surface area (Å²) >= 11 is 0. The van der Waals surface area contributed by atoms with Crippen molar-refractivity contribution in [3.8, 4) is 0 Å². The van der Waals surface area contributed by atoms with Gasteiger partial charge in [0.1, 0.15) is 0 Å². The molecule has 1 radical (unpaired) electrons. The second-order valence-electron chi connectivity index (χ2n) is 2.30. The molecule has 1 aromatic rings. The molecule has 0 heterocycles. The third-order valence-electron chi connectivity index (χ3n) is 1.36. The summed E-state index contributed by atoms with van der Waals surface area (Å²) in [4.78, 5) is 11.2. The summed E-state index contributed by atoms with van der Waals surface area (Å²) < 4.78 is 0. The lowest BCUT2D eigenvalue weighted by molar-refractivity contribution is 0.103. The summed E-state index contributed by atoms with van der Waals surface area (Å²) in [6.07, 6.45) is 0. The van der Waals surface area contributed by atoms with E-state index in [0.29, 0.717) is 11.1 Å². The van der Waals surface area contributed by atoms with Crippen molar-refractivity contribution in [2.75, 3.05) is 0 Å². The highest BCUT2D eigenvalue weighted by Gasteiger charge is 2.03. The predicted molar refractivity (Wildman–Crippen MR) is 45.3 cm³/mol. The van der Waals surface area contributed by atoms with Gasteiger partial charge in [0.15, 0.2) is 5.78 Å². The zero-order chi connectivity index (χ0) is 8.27. The van der Waals surface area contributed by atoms with E-state index in [9.17, 15) is 4.79 Å². The molecule has 0 N–H and O–H groups in total. The number of Topliss-reactive ketones (excluding diaryl/α,β-unsaturated/α-hetero) is 1. The van der Waals surface area contributed by atoms with Gasteiger partial charge in [0.25, 0.3) is 0 Å². The quantitative estimate of drug-likeness (QED) is 0.461. The summed E-state index contributed by atoms with van der Waals surface area (Å²) in [6.45, 7) is 6.94. The van der Waals surface area contributed by atoms with Crippen molar-refractivity contribution in [3.63, 3.8) is 0 Å².